The first-order valence-electron chi connectivity index (χ1n) is 5.66. The topological polar surface area (TPSA) is 65.2 Å². The maximum atomic E-state index is 14.2. The number of nitrogen functional groups attached to an aromatic ring is 1. The van der Waals surface area contributed by atoms with Crippen LogP contribution in [0.25, 0.3) is 11.3 Å². The minimum Gasteiger partial charge on any atom is -0.464 e. The molecule has 1 heterocycles. The molecule has 1 aromatic carbocycles. The number of esters is 1. The van der Waals surface area contributed by atoms with E-state index in [9.17, 15) is 18.0 Å². The molecule has 0 unspecified atom stereocenters. The minimum atomic E-state index is -1.31. The van der Waals surface area contributed by atoms with Crippen molar-refractivity contribution in [3.63, 3.8) is 0 Å². The summed E-state index contributed by atoms with van der Waals surface area (Å²) in [6.45, 7) is 0. The molecule has 4 nitrogen and oxygen atoms in total. The first kappa shape index (κ1) is 16.8. The molecule has 2 rings (SSSR count). The summed E-state index contributed by atoms with van der Waals surface area (Å²) in [7, 11) is 1.06. The van der Waals surface area contributed by atoms with Gasteiger partial charge in [0.25, 0.3) is 0 Å². The number of benzene rings is 1. The van der Waals surface area contributed by atoms with Crippen LogP contribution in [0.4, 0.5) is 18.9 Å². The van der Waals surface area contributed by atoms with E-state index in [4.69, 9.17) is 17.3 Å². The molecule has 0 radical (unpaired) electrons. The Labute approximate surface area is 141 Å². The number of hydrogen-bond donors (Lipinski definition) is 1. The van der Waals surface area contributed by atoms with Crippen molar-refractivity contribution in [1.29, 1.82) is 0 Å². The molecule has 116 valence electrons. The second kappa shape index (κ2) is 6.29. The molecule has 0 aliphatic carbocycles. The first-order chi connectivity index (χ1) is 10.3. The van der Waals surface area contributed by atoms with E-state index in [0.29, 0.717) is 0 Å². The summed E-state index contributed by atoms with van der Waals surface area (Å²) in [5.41, 5.74) is 3.25. The van der Waals surface area contributed by atoms with Gasteiger partial charge in [0.1, 0.15) is 5.69 Å². The van der Waals surface area contributed by atoms with Crippen molar-refractivity contribution in [3.05, 3.63) is 43.9 Å². The third-order valence-corrected chi connectivity index (χ3v) is 4.00. The lowest BCUT2D eigenvalue weighted by Gasteiger charge is -2.11. The molecule has 0 saturated heterocycles. The second-order valence-corrected chi connectivity index (χ2v) is 5.61. The standard InChI is InChI=1S/C13H7ClF3IN2O2/c1-22-13(21)12-6(14)10(19)9(17)11(20-12)4-2-3-5(18)8(16)7(4)15/h2-3H,1H3,(H2,19,20). The average molecular weight is 443 g/mol. The molecule has 1 aromatic heterocycles. The lowest BCUT2D eigenvalue weighted by molar-refractivity contribution is 0.0594. The number of nitrogens with two attached hydrogens (primary N) is 1. The summed E-state index contributed by atoms with van der Waals surface area (Å²) < 4.78 is 46.3. The predicted octanol–water partition coefficient (Wildman–Crippen LogP) is 3.79. The van der Waals surface area contributed by atoms with E-state index >= 15 is 0 Å². The van der Waals surface area contributed by atoms with Crippen molar-refractivity contribution in [3.8, 4) is 11.3 Å². The number of methoxy groups -OCH3 is 1. The molecule has 2 aromatic rings. The Morgan fingerprint density at radius 1 is 1.27 bits per heavy atom. The molecule has 9 heteroatoms. The molecule has 0 fully saturated rings. The van der Waals surface area contributed by atoms with Gasteiger partial charge in [0.15, 0.2) is 23.1 Å². The highest BCUT2D eigenvalue weighted by molar-refractivity contribution is 14.1. The number of hydrogen-bond acceptors (Lipinski definition) is 4. The first-order valence-corrected chi connectivity index (χ1v) is 7.11. The third kappa shape index (κ3) is 2.72. The highest BCUT2D eigenvalue weighted by atomic mass is 127. The van der Waals surface area contributed by atoms with E-state index in [-0.39, 0.29) is 3.57 Å². The maximum Gasteiger partial charge on any atom is 0.358 e. The van der Waals surface area contributed by atoms with Crippen LogP contribution in [-0.4, -0.2) is 18.1 Å². The molecular formula is C13H7ClF3IN2O2. The van der Waals surface area contributed by atoms with Gasteiger partial charge >= 0.3 is 5.97 Å². The monoisotopic (exact) mass is 442 g/mol. The van der Waals surface area contributed by atoms with Gasteiger partial charge in [-0.2, -0.15) is 0 Å². The van der Waals surface area contributed by atoms with Crippen LogP contribution in [0.15, 0.2) is 12.1 Å². The molecule has 0 amide bonds. The van der Waals surface area contributed by atoms with Crippen LogP contribution in [0, 0.1) is 21.0 Å². The molecule has 0 atom stereocenters. The molecule has 0 bridgehead atoms. The Balaban J connectivity index is 2.79. The second-order valence-electron chi connectivity index (χ2n) is 4.07. The van der Waals surface area contributed by atoms with Gasteiger partial charge in [-0.3, -0.25) is 0 Å². The number of ether oxygens (including phenoxy) is 1. The summed E-state index contributed by atoms with van der Waals surface area (Å²) >= 11 is 7.31. The number of rotatable bonds is 2. The Hall–Kier alpha value is -1.55. The van der Waals surface area contributed by atoms with Gasteiger partial charge in [-0.05, 0) is 34.7 Å². The fraction of sp³-hybridized carbons (Fsp3) is 0.0769. The molecule has 22 heavy (non-hydrogen) atoms. The quantitative estimate of drug-likeness (QED) is 0.437. The van der Waals surface area contributed by atoms with E-state index < -0.39 is 51.1 Å². The van der Waals surface area contributed by atoms with E-state index in [0.717, 1.165) is 13.2 Å². The lowest BCUT2D eigenvalue weighted by Crippen LogP contribution is -2.11. The Morgan fingerprint density at radius 3 is 2.50 bits per heavy atom. The van der Waals surface area contributed by atoms with E-state index in [1.165, 1.54) is 6.07 Å². The van der Waals surface area contributed by atoms with Crippen molar-refractivity contribution in [2.75, 3.05) is 12.8 Å². The highest BCUT2D eigenvalue weighted by Crippen LogP contribution is 2.34. The highest BCUT2D eigenvalue weighted by Gasteiger charge is 2.25. The Bertz CT molecular complexity index is 787. The predicted molar refractivity (Wildman–Crippen MR) is 83.0 cm³/mol. The zero-order valence-corrected chi connectivity index (χ0v) is 13.8. The Kier molecular flexibility index (Phi) is 4.81. The summed E-state index contributed by atoms with van der Waals surface area (Å²) in [4.78, 5) is 15.2. The normalized spacial score (nSPS) is 10.6. The zero-order chi connectivity index (χ0) is 16.6. The fourth-order valence-electron chi connectivity index (χ4n) is 1.68. The van der Waals surface area contributed by atoms with Gasteiger partial charge in [0.05, 0.1) is 21.4 Å². The lowest BCUT2D eigenvalue weighted by atomic mass is 10.1. The number of carbonyl (C=O) groups excluding carboxylic acids is 1. The van der Waals surface area contributed by atoms with Crippen LogP contribution >= 0.6 is 34.2 Å². The van der Waals surface area contributed by atoms with Gasteiger partial charge in [0.2, 0.25) is 0 Å². The van der Waals surface area contributed by atoms with Crippen LogP contribution in [0.3, 0.4) is 0 Å². The fourth-order valence-corrected chi connectivity index (χ4v) is 2.30. The smallest absolute Gasteiger partial charge is 0.358 e. The molecular weight excluding hydrogens is 436 g/mol. The number of carbonyl (C=O) groups is 1. The number of aromatic nitrogens is 1. The van der Waals surface area contributed by atoms with Crippen molar-refractivity contribution >= 4 is 45.8 Å². The number of pyridine rings is 1. The minimum absolute atomic E-state index is 0.00869. The number of halogens is 5. The van der Waals surface area contributed by atoms with Gasteiger partial charge < -0.3 is 10.5 Å². The number of nitrogens with zero attached hydrogens (tertiary/aromatic N) is 1. The van der Waals surface area contributed by atoms with E-state index in [1.54, 1.807) is 22.6 Å². The maximum absolute atomic E-state index is 14.2. The van der Waals surface area contributed by atoms with E-state index in [2.05, 4.69) is 9.72 Å². The van der Waals surface area contributed by atoms with Gasteiger partial charge in [-0.25, -0.2) is 22.9 Å². The van der Waals surface area contributed by atoms with Gasteiger partial charge in [0, 0.05) is 5.56 Å². The molecule has 0 aliphatic rings. The van der Waals surface area contributed by atoms with Crippen LogP contribution in [0.5, 0.6) is 0 Å². The van der Waals surface area contributed by atoms with Crippen molar-refractivity contribution in [2.24, 2.45) is 0 Å². The summed E-state index contributed by atoms with van der Waals surface area (Å²) in [5.74, 6) is -4.61. The largest absolute Gasteiger partial charge is 0.464 e. The summed E-state index contributed by atoms with van der Waals surface area (Å²) in [6.07, 6.45) is 0. The average Bonchev–Trinajstić information content (AvgIpc) is 2.51. The molecule has 0 saturated carbocycles. The van der Waals surface area contributed by atoms with Crippen molar-refractivity contribution in [1.82, 2.24) is 4.98 Å². The van der Waals surface area contributed by atoms with E-state index in [1.807, 2.05) is 0 Å². The van der Waals surface area contributed by atoms with Crippen LogP contribution < -0.4 is 5.73 Å². The SMILES string of the molecule is COC(=O)c1nc(-c2ccc(I)c(F)c2F)c(F)c(N)c1Cl. The van der Waals surface area contributed by atoms with Gasteiger partial charge in [-0.15, -0.1) is 0 Å². The zero-order valence-electron chi connectivity index (χ0n) is 10.9. The summed E-state index contributed by atoms with van der Waals surface area (Å²) in [6, 6.07) is 2.36. The summed E-state index contributed by atoms with van der Waals surface area (Å²) in [5, 5.41) is -0.459. The number of anilines is 1. The molecule has 0 spiro atoms. The van der Waals surface area contributed by atoms with Crippen molar-refractivity contribution in [2.45, 2.75) is 0 Å². The van der Waals surface area contributed by atoms with Crippen LogP contribution in [-0.2, 0) is 4.74 Å². The van der Waals surface area contributed by atoms with Gasteiger partial charge in [-0.1, -0.05) is 11.6 Å². The van der Waals surface area contributed by atoms with Crippen LogP contribution in [0.2, 0.25) is 5.02 Å². The van der Waals surface area contributed by atoms with Crippen LogP contribution in [0.1, 0.15) is 10.5 Å². The molecule has 2 N–H and O–H groups in total. The Morgan fingerprint density at radius 2 is 1.91 bits per heavy atom. The molecule has 0 aliphatic heterocycles. The van der Waals surface area contributed by atoms with Crippen molar-refractivity contribution < 1.29 is 22.7 Å². The third-order valence-electron chi connectivity index (χ3n) is 2.78.